The average Bonchev–Trinajstić information content (AvgIpc) is 3.42. The van der Waals surface area contributed by atoms with E-state index in [-0.39, 0.29) is 18.0 Å². The Morgan fingerprint density at radius 3 is 2.82 bits per heavy atom. The molecule has 0 saturated carbocycles. The van der Waals surface area contributed by atoms with E-state index in [1.54, 1.807) is 28.7 Å². The largest absolute Gasteiger partial charge is 0.480 e. The molecule has 2 aliphatic rings. The Labute approximate surface area is 213 Å². The SMILES string of the molecule is CS(=O)(=O)N(CC(=O)O)[C@H]1CC2=C(/C=C/Br)[C@H](c3ccc(F)cc3Cl)N=C(c3nccs3)N2C1. The van der Waals surface area contributed by atoms with Crippen molar-refractivity contribution in [3.05, 3.63) is 73.5 Å². The molecule has 0 amide bonds. The molecule has 34 heavy (non-hydrogen) atoms. The number of sulfonamides is 1. The minimum atomic E-state index is -3.80. The fraction of sp³-hybridized carbons (Fsp3) is 0.286. The number of nitrogens with zero attached hydrogens (tertiary/aromatic N) is 4. The predicted octanol–water partition coefficient (Wildman–Crippen LogP) is 4.02. The van der Waals surface area contributed by atoms with Crippen LogP contribution >= 0.6 is 38.9 Å². The van der Waals surface area contributed by atoms with Gasteiger partial charge in [-0.05, 0) is 28.8 Å². The van der Waals surface area contributed by atoms with E-state index in [1.165, 1.54) is 23.5 Å². The maximum absolute atomic E-state index is 13.8. The number of aromatic nitrogens is 1. The van der Waals surface area contributed by atoms with Gasteiger partial charge in [0.05, 0.1) is 6.26 Å². The van der Waals surface area contributed by atoms with Crippen molar-refractivity contribution >= 4 is 60.7 Å². The number of carboxylic acid groups (broad SMARTS) is 1. The topological polar surface area (TPSA) is 103 Å². The molecule has 3 heterocycles. The quantitative estimate of drug-likeness (QED) is 0.523. The van der Waals surface area contributed by atoms with Gasteiger partial charge >= 0.3 is 5.97 Å². The first-order chi connectivity index (χ1) is 16.1. The summed E-state index contributed by atoms with van der Waals surface area (Å²) in [5.41, 5.74) is 2.08. The summed E-state index contributed by atoms with van der Waals surface area (Å²) in [5, 5.41) is 11.9. The molecule has 1 aromatic heterocycles. The minimum Gasteiger partial charge on any atom is -0.480 e. The Morgan fingerprint density at radius 2 is 2.24 bits per heavy atom. The molecule has 4 rings (SSSR count). The van der Waals surface area contributed by atoms with Crippen LogP contribution < -0.4 is 0 Å². The fourth-order valence-corrected chi connectivity index (χ4v) is 6.41. The van der Waals surface area contributed by atoms with Crippen molar-refractivity contribution in [1.82, 2.24) is 14.2 Å². The molecule has 1 fully saturated rings. The van der Waals surface area contributed by atoms with Crippen molar-refractivity contribution in [2.75, 3.05) is 19.3 Å². The molecule has 1 N–H and O–H groups in total. The van der Waals surface area contributed by atoms with Crippen molar-refractivity contribution in [2.24, 2.45) is 4.99 Å². The van der Waals surface area contributed by atoms with Gasteiger partial charge in [0.25, 0.3) is 0 Å². The molecular formula is C21H19BrClFN4O4S2. The molecule has 0 unspecified atom stereocenters. The third-order valence-corrected chi connectivity index (χ3v) is 8.17. The summed E-state index contributed by atoms with van der Waals surface area (Å²) in [4.78, 5) is 24.2. The average molecular weight is 590 g/mol. The molecular weight excluding hydrogens is 571 g/mol. The van der Waals surface area contributed by atoms with Crippen molar-refractivity contribution < 1.29 is 22.7 Å². The highest BCUT2D eigenvalue weighted by Crippen LogP contribution is 2.43. The fourth-order valence-electron chi connectivity index (χ4n) is 4.19. The second-order valence-electron chi connectivity index (χ2n) is 7.72. The third-order valence-electron chi connectivity index (χ3n) is 5.53. The van der Waals surface area contributed by atoms with Crippen LogP contribution in [0.2, 0.25) is 5.02 Å². The Morgan fingerprint density at radius 1 is 1.47 bits per heavy atom. The van der Waals surface area contributed by atoms with Crippen molar-refractivity contribution in [3.8, 4) is 0 Å². The number of amidine groups is 1. The lowest BCUT2D eigenvalue weighted by Crippen LogP contribution is -2.45. The molecule has 1 saturated heterocycles. The van der Waals surface area contributed by atoms with Crippen LogP contribution in [0.3, 0.4) is 0 Å². The first kappa shape index (κ1) is 25.0. The Bertz CT molecular complexity index is 1310. The zero-order valence-electron chi connectivity index (χ0n) is 17.7. The van der Waals surface area contributed by atoms with E-state index in [1.807, 2.05) is 4.90 Å². The number of thiazole rings is 1. The number of benzene rings is 1. The van der Waals surface area contributed by atoms with Crippen LogP contribution in [0.5, 0.6) is 0 Å². The zero-order chi connectivity index (χ0) is 24.6. The van der Waals surface area contributed by atoms with Gasteiger partial charge in [-0.1, -0.05) is 33.6 Å². The number of halogens is 3. The Kier molecular flexibility index (Phi) is 7.25. The lowest BCUT2D eigenvalue weighted by atomic mass is 9.94. The van der Waals surface area contributed by atoms with Gasteiger partial charge in [0.2, 0.25) is 10.0 Å². The lowest BCUT2D eigenvalue weighted by molar-refractivity contribution is -0.137. The highest BCUT2D eigenvalue weighted by molar-refractivity contribution is 9.11. The molecule has 13 heteroatoms. The summed E-state index contributed by atoms with van der Waals surface area (Å²) in [7, 11) is -3.80. The van der Waals surface area contributed by atoms with Crippen molar-refractivity contribution in [3.63, 3.8) is 0 Å². The molecule has 0 bridgehead atoms. The van der Waals surface area contributed by atoms with Gasteiger partial charge in [-0.25, -0.2) is 17.8 Å². The Hall–Kier alpha value is -2.12. The molecule has 8 nitrogen and oxygen atoms in total. The van der Waals surface area contributed by atoms with Crippen LogP contribution in [0, 0.1) is 5.82 Å². The van der Waals surface area contributed by atoms with Crippen LogP contribution in [0.15, 0.2) is 57.1 Å². The molecule has 2 aromatic rings. The molecule has 0 radical (unpaired) electrons. The highest BCUT2D eigenvalue weighted by atomic mass is 79.9. The Balaban J connectivity index is 1.88. The molecule has 180 valence electrons. The number of hydrogen-bond donors (Lipinski definition) is 1. The summed E-state index contributed by atoms with van der Waals surface area (Å²) in [5.74, 6) is -1.19. The summed E-state index contributed by atoms with van der Waals surface area (Å²) >= 11 is 11.1. The molecule has 2 aliphatic heterocycles. The predicted molar refractivity (Wildman–Crippen MR) is 132 cm³/mol. The van der Waals surface area contributed by atoms with E-state index in [0.717, 1.165) is 21.8 Å². The van der Waals surface area contributed by atoms with Crippen LogP contribution in [0.4, 0.5) is 4.39 Å². The maximum atomic E-state index is 13.8. The molecule has 0 aliphatic carbocycles. The third kappa shape index (κ3) is 4.96. The summed E-state index contributed by atoms with van der Waals surface area (Å²) in [6, 6.07) is 2.87. The summed E-state index contributed by atoms with van der Waals surface area (Å²) in [6.07, 6.45) is 4.68. The second-order valence-corrected chi connectivity index (χ2v) is 11.5. The van der Waals surface area contributed by atoms with Gasteiger partial charge in [-0.15, -0.1) is 11.3 Å². The number of aliphatic carboxylic acids is 1. The van der Waals surface area contributed by atoms with Crippen LogP contribution in [0.25, 0.3) is 0 Å². The van der Waals surface area contributed by atoms with Crippen LogP contribution in [0.1, 0.15) is 23.0 Å². The number of fused-ring (bicyclic) bond motifs is 1. The number of carbonyl (C=O) groups is 1. The first-order valence-corrected chi connectivity index (χ1v) is 14.0. The van der Waals surface area contributed by atoms with E-state index in [9.17, 15) is 22.7 Å². The monoisotopic (exact) mass is 588 g/mol. The summed E-state index contributed by atoms with van der Waals surface area (Å²) in [6.45, 7) is -0.442. The van der Waals surface area contributed by atoms with Crippen molar-refractivity contribution in [1.29, 1.82) is 0 Å². The van der Waals surface area contributed by atoms with Crippen LogP contribution in [-0.4, -0.2) is 64.9 Å². The molecule has 0 spiro atoms. The zero-order valence-corrected chi connectivity index (χ0v) is 21.7. The van der Waals surface area contributed by atoms with Gasteiger partial charge in [0.1, 0.15) is 18.4 Å². The van der Waals surface area contributed by atoms with E-state index in [0.29, 0.717) is 16.4 Å². The summed E-state index contributed by atoms with van der Waals surface area (Å²) < 4.78 is 39.7. The number of carboxylic acids is 1. The van der Waals surface area contributed by atoms with Gasteiger partial charge in [-0.3, -0.25) is 9.79 Å². The first-order valence-electron chi connectivity index (χ1n) is 9.98. The van der Waals surface area contributed by atoms with Crippen molar-refractivity contribution in [2.45, 2.75) is 18.5 Å². The highest BCUT2D eigenvalue weighted by Gasteiger charge is 2.43. The molecule has 1 aromatic carbocycles. The van der Waals surface area contributed by atoms with Gasteiger partial charge in [0, 0.05) is 46.9 Å². The number of rotatable bonds is 7. The smallest absolute Gasteiger partial charge is 0.318 e. The molecule has 2 atom stereocenters. The van der Waals surface area contributed by atoms with Gasteiger partial charge in [-0.2, -0.15) is 4.31 Å². The number of aliphatic imine (C=N–C) groups is 1. The van der Waals surface area contributed by atoms with Gasteiger partial charge < -0.3 is 10.0 Å². The minimum absolute atomic E-state index is 0.206. The second kappa shape index (κ2) is 9.86. The van der Waals surface area contributed by atoms with E-state index in [2.05, 4.69) is 20.9 Å². The van der Waals surface area contributed by atoms with E-state index < -0.39 is 40.4 Å². The van der Waals surface area contributed by atoms with E-state index >= 15 is 0 Å². The lowest BCUT2D eigenvalue weighted by Gasteiger charge is -2.32. The maximum Gasteiger partial charge on any atom is 0.318 e. The number of hydrogen-bond acceptors (Lipinski definition) is 7. The van der Waals surface area contributed by atoms with Gasteiger partial charge in [0.15, 0.2) is 10.8 Å². The van der Waals surface area contributed by atoms with Crippen LogP contribution in [-0.2, 0) is 14.8 Å². The standard InChI is InChI=1S/C21H19BrClFN4O4S2/c1-34(31,32)28(11-18(29)30)13-9-17-15(4-5-22)19(14-3-2-12(24)8-16(14)23)26-20(27(17)10-13)21-25-6-7-33-21/h2-8,13,19H,9-11H2,1H3,(H,29,30)/b5-4+/t13-,19-/m0/s1. The van der Waals surface area contributed by atoms with E-state index in [4.69, 9.17) is 16.6 Å². The normalized spacial score (nSPS) is 20.9.